The highest BCUT2D eigenvalue weighted by molar-refractivity contribution is 5.96. The maximum absolute atomic E-state index is 13.1. The first-order chi connectivity index (χ1) is 11.6. The number of hydrogen-bond donors (Lipinski definition) is 0. The van der Waals surface area contributed by atoms with Crippen LogP contribution in [0.1, 0.15) is 54.9 Å². The van der Waals surface area contributed by atoms with Crippen LogP contribution in [-0.4, -0.2) is 33.7 Å². The molecule has 1 amide bonds. The van der Waals surface area contributed by atoms with Gasteiger partial charge in [-0.2, -0.15) is 5.10 Å². The second-order valence-corrected chi connectivity index (χ2v) is 7.11. The Labute approximate surface area is 144 Å². The van der Waals surface area contributed by atoms with Gasteiger partial charge in [-0.3, -0.25) is 4.79 Å². The highest BCUT2D eigenvalue weighted by atomic mass is 16.2. The zero-order valence-corrected chi connectivity index (χ0v) is 15.0. The van der Waals surface area contributed by atoms with Crippen LogP contribution in [0.5, 0.6) is 0 Å². The van der Waals surface area contributed by atoms with E-state index in [1.165, 1.54) is 6.42 Å². The van der Waals surface area contributed by atoms with Crippen LogP contribution in [0.2, 0.25) is 0 Å². The second kappa shape index (κ2) is 7.20. The molecule has 0 unspecified atom stereocenters. The van der Waals surface area contributed by atoms with E-state index in [2.05, 4.69) is 13.8 Å². The van der Waals surface area contributed by atoms with E-state index in [1.54, 1.807) is 0 Å². The lowest BCUT2D eigenvalue weighted by Gasteiger charge is -2.27. The number of amides is 1. The van der Waals surface area contributed by atoms with Crippen molar-refractivity contribution in [2.75, 3.05) is 13.1 Å². The third kappa shape index (κ3) is 3.37. The summed E-state index contributed by atoms with van der Waals surface area (Å²) < 4.78 is 1.93. The molecule has 0 atom stereocenters. The third-order valence-corrected chi connectivity index (χ3v) is 4.65. The van der Waals surface area contributed by atoms with Crippen LogP contribution in [0.3, 0.4) is 0 Å². The fourth-order valence-corrected chi connectivity index (χ4v) is 3.44. The van der Waals surface area contributed by atoms with Crippen LogP contribution in [-0.2, 0) is 6.42 Å². The van der Waals surface area contributed by atoms with Gasteiger partial charge in [0.15, 0.2) is 0 Å². The average molecular weight is 325 g/mol. The molecule has 1 aliphatic rings. The number of rotatable bonds is 4. The summed E-state index contributed by atoms with van der Waals surface area (Å²) in [7, 11) is 0. The van der Waals surface area contributed by atoms with Crippen molar-refractivity contribution in [2.24, 2.45) is 5.92 Å². The summed E-state index contributed by atoms with van der Waals surface area (Å²) >= 11 is 0. The maximum atomic E-state index is 13.1. The van der Waals surface area contributed by atoms with E-state index in [4.69, 9.17) is 5.10 Å². The second-order valence-electron chi connectivity index (χ2n) is 7.11. The first-order valence-electron chi connectivity index (χ1n) is 9.01. The lowest BCUT2D eigenvalue weighted by atomic mass is 10.0. The van der Waals surface area contributed by atoms with Gasteiger partial charge in [-0.1, -0.05) is 32.0 Å². The fraction of sp³-hybridized carbons (Fsp3) is 0.500. The van der Waals surface area contributed by atoms with Crippen molar-refractivity contribution in [3.63, 3.8) is 0 Å². The molecule has 0 radical (unpaired) electrons. The molecule has 24 heavy (non-hydrogen) atoms. The van der Waals surface area contributed by atoms with E-state index in [1.807, 2.05) is 46.8 Å². The van der Waals surface area contributed by atoms with Gasteiger partial charge in [0.2, 0.25) is 0 Å². The largest absolute Gasteiger partial charge is 0.339 e. The lowest BCUT2D eigenvalue weighted by molar-refractivity contribution is 0.0722. The van der Waals surface area contributed by atoms with E-state index >= 15 is 0 Å². The molecule has 1 fully saturated rings. The van der Waals surface area contributed by atoms with Crippen LogP contribution < -0.4 is 0 Å². The van der Waals surface area contributed by atoms with Crippen LogP contribution in [0.4, 0.5) is 0 Å². The molecule has 0 spiro atoms. The zero-order valence-electron chi connectivity index (χ0n) is 15.0. The van der Waals surface area contributed by atoms with E-state index in [-0.39, 0.29) is 5.91 Å². The molecular formula is C20H27N3O. The summed E-state index contributed by atoms with van der Waals surface area (Å²) in [5.74, 6) is 0.626. The Morgan fingerprint density at radius 3 is 2.42 bits per heavy atom. The standard InChI is InChI=1S/C20H27N3O/c1-15(2)14-18-19(20(24)22-12-8-5-9-13-22)16(3)23(21-18)17-10-6-4-7-11-17/h4,6-7,10-11,15H,5,8-9,12-14H2,1-3H3. The van der Waals surface area contributed by atoms with Crippen molar-refractivity contribution in [3.8, 4) is 5.69 Å². The first kappa shape index (κ1) is 16.7. The molecular weight excluding hydrogens is 298 g/mol. The van der Waals surface area contributed by atoms with Gasteiger partial charge >= 0.3 is 0 Å². The summed E-state index contributed by atoms with van der Waals surface area (Å²) in [4.78, 5) is 15.1. The SMILES string of the molecule is Cc1c(C(=O)N2CCCCC2)c(CC(C)C)nn1-c1ccccc1. The molecule has 2 aromatic rings. The van der Waals surface area contributed by atoms with Crippen molar-refractivity contribution in [2.45, 2.75) is 46.5 Å². The van der Waals surface area contributed by atoms with E-state index < -0.39 is 0 Å². The minimum absolute atomic E-state index is 0.157. The number of nitrogens with zero attached hydrogens (tertiary/aromatic N) is 3. The predicted octanol–water partition coefficient (Wildman–Crippen LogP) is 4.01. The van der Waals surface area contributed by atoms with Crippen molar-refractivity contribution in [3.05, 3.63) is 47.3 Å². The number of piperidine rings is 1. The number of para-hydroxylation sites is 1. The Morgan fingerprint density at radius 2 is 1.79 bits per heavy atom. The summed E-state index contributed by atoms with van der Waals surface area (Å²) in [6.07, 6.45) is 4.27. The number of carbonyl (C=O) groups is 1. The molecule has 4 heteroatoms. The monoisotopic (exact) mass is 325 g/mol. The summed E-state index contributed by atoms with van der Waals surface area (Å²) in [5.41, 5.74) is 3.71. The van der Waals surface area contributed by atoms with E-state index in [9.17, 15) is 4.79 Å². The summed E-state index contributed by atoms with van der Waals surface area (Å²) in [5, 5.41) is 4.81. The molecule has 128 valence electrons. The molecule has 2 heterocycles. The van der Waals surface area contributed by atoms with Crippen LogP contribution in [0.15, 0.2) is 30.3 Å². The quantitative estimate of drug-likeness (QED) is 0.852. The third-order valence-electron chi connectivity index (χ3n) is 4.65. The predicted molar refractivity (Wildman–Crippen MR) is 96.6 cm³/mol. The molecule has 0 bridgehead atoms. The summed E-state index contributed by atoms with van der Waals surface area (Å²) in [6.45, 7) is 8.10. The molecule has 4 nitrogen and oxygen atoms in total. The van der Waals surface area contributed by atoms with Gasteiger partial charge in [0.25, 0.3) is 5.91 Å². The summed E-state index contributed by atoms with van der Waals surface area (Å²) in [6, 6.07) is 10.1. The number of aromatic nitrogens is 2. The topological polar surface area (TPSA) is 38.1 Å². The fourth-order valence-electron chi connectivity index (χ4n) is 3.44. The molecule has 1 aromatic carbocycles. The van der Waals surface area contributed by atoms with Crippen molar-refractivity contribution in [1.29, 1.82) is 0 Å². The van der Waals surface area contributed by atoms with Gasteiger partial charge in [0.1, 0.15) is 0 Å². The van der Waals surface area contributed by atoms with Gasteiger partial charge in [-0.25, -0.2) is 4.68 Å². The van der Waals surface area contributed by atoms with Crippen molar-refractivity contribution < 1.29 is 4.79 Å². The Hall–Kier alpha value is -2.10. The number of likely N-dealkylation sites (tertiary alicyclic amines) is 1. The minimum atomic E-state index is 0.157. The minimum Gasteiger partial charge on any atom is -0.339 e. The van der Waals surface area contributed by atoms with Crippen LogP contribution in [0.25, 0.3) is 5.69 Å². The zero-order chi connectivity index (χ0) is 17.1. The van der Waals surface area contributed by atoms with Gasteiger partial charge in [0, 0.05) is 13.1 Å². The molecule has 1 saturated heterocycles. The van der Waals surface area contributed by atoms with E-state index in [0.29, 0.717) is 5.92 Å². The molecule has 1 aliphatic heterocycles. The van der Waals surface area contributed by atoms with Gasteiger partial charge < -0.3 is 4.90 Å². The smallest absolute Gasteiger partial charge is 0.257 e. The number of benzene rings is 1. The Bertz CT molecular complexity index is 697. The van der Waals surface area contributed by atoms with Gasteiger partial charge in [-0.15, -0.1) is 0 Å². The van der Waals surface area contributed by atoms with E-state index in [0.717, 1.165) is 55.0 Å². The molecule has 0 aliphatic carbocycles. The van der Waals surface area contributed by atoms with Crippen molar-refractivity contribution >= 4 is 5.91 Å². The normalized spacial score (nSPS) is 15.1. The Morgan fingerprint density at radius 1 is 1.12 bits per heavy atom. The Kier molecular flexibility index (Phi) is 5.03. The highest BCUT2D eigenvalue weighted by Gasteiger charge is 2.27. The lowest BCUT2D eigenvalue weighted by Crippen LogP contribution is -2.36. The van der Waals surface area contributed by atoms with Crippen molar-refractivity contribution in [1.82, 2.24) is 14.7 Å². The molecule has 0 saturated carbocycles. The number of carbonyl (C=O) groups excluding carboxylic acids is 1. The molecule has 1 aromatic heterocycles. The van der Waals surface area contributed by atoms with Crippen LogP contribution in [0, 0.1) is 12.8 Å². The molecule has 0 N–H and O–H groups in total. The van der Waals surface area contributed by atoms with Gasteiger partial charge in [-0.05, 0) is 50.7 Å². The molecule has 3 rings (SSSR count). The highest BCUT2D eigenvalue weighted by Crippen LogP contribution is 2.24. The number of hydrogen-bond acceptors (Lipinski definition) is 2. The van der Waals surface area contributed by atoms with Gasteiger partial charge in [0.05, 0.1) is 22.6 Å². The average Bonchev–Trinajstić information content (AvgIpc) is 2.91. The van der Waals surface area contributed by atoms with Crippen LogP contribution >= 0.6 is 0 Å². The Balaban J connectivity index is 2.02. The maximum Gasteiger partial charge on any atom is 0.257 e. The first-order valence-corrected chi connectivity index (χ1v) is 9.01.